The molecule has 2 rings (SSSR count). The van der Waals surface area contributed by atoms with Crippen LogP contribution in [0.2, 0.25) is 0 Å². The van der Waals surface area contributed by atoms with Crippen LogP contribution in [0.15, 0.2) is 47.2 Å². The predicted molar refractivity (Wildman–Crippen MR) is 77.3 cm³/mol. The summed E-state index contributed by atoms with van der Waals surface area (Å²) in [5.41, 5.74) is 0.297. The zero-order chi connectivity index (χ0) is 13.7. The Kier molecular flexibility index (Phi) is 4.35. The van der Waals surface area contributed by atoms with Crippen LogP contribution in [0.1, 0.15) is 12.0 Å². The molecule has 1 unspecified atom stereocenters. The van der Waals surface area contributed by atoms with Gasteiger partial charge < -0.3 is 0 Å². The van der Waals surface area contributed by atoms with Crippen molar-refractivity contribution in [3.63, 3.8) is 0 Å². The van der Waals surface area contributed by atoms with E-state index in [0.717, 1.165) is 10.0 Å². The van der Waals surface area contributed by atoms with Gasteiger partial charge in [0.25, 0.3) is 0 Å². The molecule has 1 aromatic heterocycles. The summed E-state index contributed by atoms with van der Waals surface area (Å²) in [6, 6.07) is 12.2. The first-order valence-electron chi connectivity index (χ1n) is 6.04. The van der Waals surface area contributed by atoms with E-state index in [2.05, 4.69) is 32.4 Å². The summed E-state index contributed by atoms with van der Waals surface area (Å²) >= 11 is 3.37. The van der Waals surface area contributed by atoms with Crippen molar-refractivity contribution in [2.24, 2.45) is 0 Å². The Bertz CT molecular complexity index is 573. The van der Waals surface area contributed by atoms with Crippen molar-refractivity contribution in [2.75, 3.05) is 7.05 Å². The molecule has 1 aromatic carbocycles. The first-order valence-corrected chi connectivity index (χ1v) is 6.83. The van der Waals surface area contributed by atoms with E-state index in [4.69, 9.17) is 0 Å². The molecule has 0 bridgehead atoms. The number of hydrogen-bond donors (Lipinski definition) is 1. The van der Waals surface area contributed by atoms with E-state index in [9.17, 15) is 5.26 Å². The third kappa shape index (κ3) is 3.03. The molecule has 4 nitrogen and oxygen atoms in total. The summed E-state index contributed by atoms with van der Waals surface area (Å²) in [6.45, 7) is 0.675. The van der Waals surface area contributed by atoms with E-state index in [0.29, 0.717) is 13.0 Å². The minimum atomic E-state index is -0.681. The highest BCUT2D eigenvalue weighted by molar-refractivity contribution is 9.10. The Morgan fingerprint density at radius 2 is 2.16 bits per heavy atom. The summed E-state index contributed by atoms with van der Waals surface area (Å²) < 4.78 is 2.77. The molecule has 0 aliphatic heterocycles. The third-order valence-corrected chi connectivity index (χ3v) is 3.61. The molecular formula is C14H15BrN4. The molecule has 0 fully saturated rings. The largest absolute Gasteiger partial charge is 0.299 e. The highest BCUT2D eigenvalue weighted by Gasteiger charge is 2.30. The number of hydrogen-bond acceptors (Lipinski definition) is 3. The molecule has 5 heteroatoms. The molecule has 19 heavy (non-hydrogen) atoms. The lowest BCUT2D eigenvalue weighted by Crippen LogP contribution is -2.39. The van der Waals surface area contributed by atoms with E-state index in [1.54, 1.807) is 6.20 Å². The second-order valence-corrected chi connectivity index (χ2v) is 5.22. The Morgan fingerprint density at radius 1 is 1.42 bits per heavy atom. The van der Waals surface area contributed by atoms with Crippen molar-refractivity contribution in [3.8, 4) is 6.07 Å². The van der Waals surface area contributed by atoms with Crippen LogP contribution in [0.5, 0.6) is 0 Å². The molecule has 0 saturated carbocycles. The minimum Gasteiger partial charge on any atom is -0.299 e. The maximum atomic E-state index is 9.56. The van der Waals surface area contributed by atoms with Crippen LogP contribution < -0.4 is 5.32 Å². The maximum absolute atomic E-state index is 9.56. The first kappa shape index (κ1) is 13.8. The van der Waals surface area contributed by atoms with Crippen molar-refractivity contribution >= 4 is 15.9 Å². The molecular weight excluding hydrogens is 304 g/mol. The summed E-state index contributed by atoms with van der Waals surface area (Å²) in [5.74, 6) is 0. The summed E-state index contributed by atoms with van der Waals surface area (Å²) in [4.78, 5) is 0. The highest BCUT2D eigenvalue weighted by Crippen LogP contribution is 2.24. The van der Waals surface area contributed by atoms with Crippen LogP contribution >= 0.6 is 15.9 Å². The van der Waals surface area contributed by atoms with Crippen molar-refractivity contribution in [1.82, 2.24) is 15.1 Å². The van der Waals surface area contributed by atoms with Gasteiger partial charge in [-0.3, -0.25) is 10.00 Å². The summed E-state index contributed by atoms with van der Waals surface area (Å²) in [7, 11) is 1.81. The van der Waals surface area contributed by atoms with E-state index in [1.165, 1.54) is 0 Å². The normalized spacial score (nSPS) is 13.7. The molecule has 0 spiro atoms. The van der Waals surface area contributed by atoms with Crippen molar-refractivity contribution in [1.29, 1.82) is 5.26 Å². The van der Waals surface area contributed by atoms with Crippen molar-refractivity contribution < 1.29 is 0 Å². The molecule has 0 aliphatic rings. The van der Waals surface area contributed by atoms with Gasteiger partial charge in [0.15, 0.2) is 0 Å². The second-order valence-electron chi connectivity index (χ2n) is 4.30. The SMILES string of the molecule is CNC(C#N)(CCn1cc(Br)cn1)c1ccccc1. The Labute approximate surface area is 121 Å². The number of halogens is 1. The van der Waals surface area contributed by atoms with Gasteiger partial charge in [-0.25, -0.2) is 0 Å². The van der Waals surface area contributed by atoms with Gasteiger partial charge in [0.05, 0.1) is 16.7 Å². The molecule has 1 heterocycles. The molecule has 2 aromatic rings. The zero-order valence-corrected chi connectivity index (χ0v) is 12.3. The highest BCUT2D eigenvalue weighted by atomic mass is 79.9. The average Bonchev–Trinajstić information content (AvgIpc) is 2.88. The van der Waals surface area contributed by atoms with Crippen LogP contribution in [-0.2, 0) is 12.1 Å². The summed E-state index contributed by atoms with van der Waals surface area (Å²) in [5, 5.41) is 16.9. The lowest BCUT2D eigenvalue weighted by Gasteiger charge is -2.26. The molecule has 1 atom stereocenters. The number of aromatic nitrogens is 2. The number of aryl methyl sites for hydroxylation is 1. The lowest BCUT2D eigenvalue weighted by atomic mass is 9.88. The van der Waals surface area contributed by atoms with E-state index in [1.807, 2.05) is 48.3 Å². The van der Waals surface area contributed by atoms with Crippen LogP contribution in [-0.4, -0.2) is 16.8 Å². The van der Waals surface area contributed by atoms with Gasteiger partial charge in [0.2, 0.25) is 0 Å². The van der Waals surface area contributed by atoms with Gasteiger partial charge in [0, 0.05) is 19.2 Å². The minimum absolute atomic E-state index is 0.651. The first-order chi connectivity index (χ1) is 9.20. The fourth-order valence-corrected chi connectivity index (χ4v) is 2.38. The standard InChI is InChI=1S/C14H15BrN4/c1-17-14(11-16,12-5-3-2-4-6-12)7-8-19-10-13(15)9-18-19/h2-6,9-10,17H,7-8H2,1H3. The van der Waals surface area contributed by atoms with Gasteiger partial charge in [-0.2, -0.15) is 10.4 Å². The smallest absolute Gasteiger partial charge is 0.133 e. The predicted octanol–water partition coefficient (Wildman–Crippen LogP) is 2.67. The zero-order valence-electron chi connectivity index (χ0n) is 10.7. The van der Waals surface area contributed by atoms with Gasteiger partial charge in [-0.15, -0.1) is 0 Å². The van der Waals surface area contributed by atoms with E-state index in [-0.39, 0.29) is 0 Å². The fraction of sp³-hybridized carbons (Fsp3) is 0.286. The number of nitrogens with zero attached hydrogens (tertiary/aromatic N) is 3. The van der Waals surface area contributed by atoms with Crippen LogP contribution in [0.4, 0.5) is 0 Å². The Balaban J connectivity index is 2.19. The van der Waals surface area contributed by atoms with Crippen molar-refractivity contribution in [2.45, 2.75) is 18.5 Å². The van der Waals surface area contributed by atoms with Crippen LogP contribution in [0, 0.1) is 11.3 Å². The van der Waals surface area contributed by atoms with Crippen LogP contribution in [0.3, 0.4) is 0 Å². The number of rotatable bonds is 5. The topological polar surface area (TPSA) is 53.6 Å². The quantitative estimate of drug-likeness (QED) is 0.922. The van der Waals surface area contributed by atoms with Crippen LogP contribution in [0.25, 0.3) is 0 Å². The number of nitrogens with one attached hydrogen (secondary N) is 1. The average molecular weight is 319 g/mol. The lowest BCUT2D eigenvalue weighted by molar-refractivity contribution is 0.390. The second kappa shape index (κ2) is 6.00. The fourth-order valence-electron chi connectivity index (χ4n) is 2.06. The van der Waals surface area contributed by atoms with Gasteiger partial charge in [-0.1, -0.05) is 30.3 Å². The van der Waals surface area contributed by atoms with Gasteiger partial charge in [0.1, 0.15) is 5.54 Å². The molecule has 98 valence electrons. The van der Waals surface area contributed by atoms with E-state index < -0.39 is 5.54 Å². The number of benzene rings is 1. The Hall–Kier alpha value is -1.64. The number of nitriles is 1. The van der Waals surface area contributed by atoms with Crippen molar-refractivity contribution in [3.05, 3.63) is 52.8 Å². The Morgan fingerprint density at radius 3 is 2.68 bits per heavy atom. The van der Waals surface area contributed by atoms with Gasteiger partial charge >= 0.3 is 0 Å². The molecule has 0 radical (unpaired) electrons. The third-order valence-electron chi connectivity index (χ3n) is 3.20. The summed E-state index contributed by atoms with van der Waals surface area (Å²) in [6.07, 6.45) is 4.30. The molecule has 0 saturated heterocycles. The molecule has 0 amide bonds. The van der Waals surface area contributed by atoms with E-state index >= 15 is 0 Å². The maximum Gasteiger partial charge on any atom is 0.133 e. The molecule has 1 N–H and O–H groups in total. The van der Waals surface area contributed by atoms with Gasteiger partial charge in [-0.05, 0) is 28.5 Å². The molecule has 0 aliphatic carbocycles. The monoisotopic (exact) mass is 318 g/mol.